The van der Waals surface area contributed by atoms with Crippen LogP contribution in [0.2, 0.25) is 0 Å². The van der Waals surface area contributed by atoms with Gasteiger partial charge in [0.2, 0.25) is 10.9 Å². The molecule has 0 fully saturated rings. The first-order valence-corrected chi connectivity index (χ1v) is 10.8. The molecular weight excluding hydrogens is 352 g/mol. The van der Waals surface area contributed by atoms with Crippen LogP contribution >= 0.6 is 0 Å². The monoisotopic (exact) mass is 398 g/mol. The third-order valence-corrected chi connectivity index (χ3v) is 3.45. The highest BCUT2D eigenvalue weighted by Gasteiger charge is 2.15. The summed E-state index contributed by atoms with van der Waals surface area (Å²) in [6, 6.07) is 0. The Kier molecular flexibility index (Phi) is 30.5. The maximum absolute atomic E-state index is 11.2. The summed E-state index contributed by atoms with van der Waals surface area (Å²) in [6.45, 7) is 27.0. The van der Waals surface area contributed by atoms with Crippen LogP contribution in [0.3, 0.4) is 0 Å². The van der Waals surface area contributed by atoms with Crippen molar-refractivity contribution < 1.29 is 4.79 Å². The van der Waals surface area contributed by atoms with E-state index in [0.29, 0.717) is 16.8 Å². The maximum atomic E-state index is 11.2. The second-order valence-electron chi connectivity index (χ2n) is 5.28. The molecule has 0 spiro atoms. The number of allylic oxidation sites excluding steroid dienone is 1. The van der Waals surface area contributed by atoms with Crippen molar-refractivity contribution in [3.05, 3.63) is 38.2 Å². The van der Waals surface area contributed by atoms with Gasteiger partial charge in [-0.1, -0.05) is 62.0 Å². The van der Waals surface area contributed by atoms with Crippen molar-refractivity contribution in [2.75, 3.05) is 31.5 Å². The largest absolute Gasteiger partial charge is 0.381 e. The molecule has 28 heavy (non-hydrogen) atoms. The van der Waals surface area contributed by atoms with Gasteiger partial charge in [-0.25, -0.2) is 0 Å². The van der Waals surface area contributed by atoms with Gasteiger partial charge in [0.15, 0.2) is 0 Å². The van der Waals surface area contributed by atoms with Crippen molar-refractivity contribution in [1.82, 2.24) is 4.90 Å². The summed E-state index contributed by atoms with van der Waals surface area (Å²) in [5.74, 6) is 0. The van der Waals surface area contributed by atoms with E-state index in [1.54, 1.807) is 13.8 Å². The van der Waals surface area contributed by atoms with Gasteiger partial charge in [0.05, 0.1) is 5.69 Å². The minimum atomic E-state index is -0.355. The number of rotatable bonds is 9. The molecule has 1 aromatic rings. The lowest BCUT2D eigenvalue weighted by Crippen LogP contribution is -2.37. The third kappa shape index (κ3) is 16.4. The molecule has 0 aliphatic rings. The summed E-state index contributed by atoms with van der Waals surface area (Å²) in [5, 5.41) is 3.05. The van der Waals surface area contributed by atoms with E-state index >= 15 is 0 Å². The van der Waals surface area contributed by atoms with Crippen molar-refractivity contribution in [3.63, 3.8) is 0 Å². The van der Waals surface area contributed by atoms with Gasteiger partial charge >= 0.3 is 0 Å². The lowest BCUT2D eigenvalue weighted by atomic mass is 10.1. The molecule has 0 bridgehead atoms. The Morgan fingerprint density at radius 2 is 1.39 bits per heavy atom. The molecule has 0 aromatic heterocycles. The van der Waals surface area contributed by atoms with E-state index in [4.69, 9.17) is 0 Å². The van der Waals surface area contributed by atoms with Crippen LogP contribution in [0.1, 0.15) is 80.7 Å². The molecule has 0 aliphatic heterocycles. The summed E-state index contributed by atoms with van der Waals surface area (Å²) in [7, 11) is 0. The van der Waals surface area contributed by atoms with E-state index in [9.17, 15) is 14.4 Å². The van der Waals surface area contributed by atoms with Crippen LogP contribution in [0.15, 0.2) is 21.7 Å². The molecule has 0 saturated heterocycles. The molecule has 1 aromatic carbocycles. The van der Waals surface area contributed by atoms with Gasteiger partial charge < -0.3 is 10.2 Å². The Morgan fingerprint density at radius 3 is 1.71 bits per heavy atom. The first-order chi connectivity index (χ1) is 13.4. The molecule has 0 atom stereocenters. The number of carbonyl (C=O) groups is 1. The van der Waals surface area contributed by atoms with E-state index in [0.717, 1.165) is 45.3 Å². The zero-order valence-electron chi connectivity index (χ0n) is 20.2. The van der Waals surface area contributed by atoms with Gasteiger partial charge in [-0.3, -0.25) is 14.4 Å². The zero-order valence-corrected chi connectivity index (χ0v) is 20.2. The van der Waals surface area contributed by atoms with Crippen molar-refractivity contribution >= 4 is 12.0 Å². The Labute approximate surface area is 173 Å². The molecule has 1 rings (SSSR count). The summed E-state index contributed by atoms with van der Waals surface area (Å²) in [4.78, 5) is 33.9. The molecule has 166 valence electrons. The number of anilines is 1. The van der Waals surface area contributed by atoms with Crippen molar-refractivity contribution in [3.8, 4) is 0 Å². The molecule has 0 aliphatic carbocycles. The standard InChI is InChI=1S/C13H22N2O2.C4H6O.3C2H6/c1-4-15(5-2)9-7-6-8-14-11-10(3)12(16)13(11)17;1-4(2)3-5;3*1-2/h14H,4-9H2,1-3H3;3H,1H2,2H3;3*1-2H3. The second kappa shape index (κ2) is 25.2. The lowest BCUT2D eigenvalue weighted by molar-refractivity contribution is -0.104. The van der Waals surface area contributed by atoms with Crippen LogP contribution in [0.25, 0.3) is 0 Å². The molecular formula is C23H46N2O3. The normalized spacial score (nSPS) is 8.68. The number of hydrogen-bond acceptors (Lipinski definition) is 5. The van der Waals surface area contributed by atoms with Crippen LogP contribution < -0.4 is 16.2 Å². The number of aldehydes is 1. The van der Waals surface area contributed by atoms with E-state index in [1.807, 2.05) is 41.5 Å². The Hall–Kier alpha value is -1.75. The molecule has 0 amide bonds. The van der Waals surface area contributed by atoms with E-state index in [-0.39, 0.29) is 10.9 Å². The van der Waals surface area contributed by atoms with Crippen molar-refractivity contribution in [2.24, 2.45) is 0 Å². The van der Waals surface area contributed by atoms with E-state index in [2.05, 4.69) is 30.6 Å². The van der Waals surface area contributed by atoms with Gasteiger partial charge in [-0.2, -0.15) is 0 Å². The molecule has 0 saturated carbocycles. The minimum absolute atomic E-state index is 0.337. The number of nitrogens with zero attached hydrogens (tertiary/aromatic N) is 1. The summed E-state index contributed by atoms with van der Waals surface area (Å²) < 4.78 is 0. The molecule has 5 heteroatoms. The first-order valence-electron chi connectivity index (χ1n) is 10.8. The van der Waals surface area contributed by atoms with Crippen LogP contribution in [0.5, 0.6) is 0 Å². The minimum Gasteiger partial charge on any atom is -0.381 e. The summed E-state index contributed by atoms with van der Waals surface area (Å²) in [5.41, 5.74) is 0.989. The highest BCUT2D eigenvalue weighted by atomic mass is 16.2. The van der Waals surface area contributed by atoms with Crippen LogP contribution in [-0.2, 0) is 4.79 Å². The molecule has 0 unspecified atom stereocenters. The number of carbonyl (C=O) groups excluding carboxylic acids is 1. The van der Waals surface area contributed by atoms with Crippen LogP contribution in [-0.4, -0.2) is 37.4 Å². The zero-order chi connectivity index (χ0) is 23.1. The van der Waals surface area contributed by atoms with Gasteiger partial charge in [-0.15, -0.1) is 0 Å². The predicted octanol–water partition coefficient (Wildman–Crippen LogP) is 4.96. The van der Waals surface area contributed by atoms with E-state index in [1.165, 1.54) is 0 Å². The fraction of sp³-hybridized carbons (Fsp3) is 0.696. The predicted molar refractivity (Wildman–Crippen MR) is 127 cm³/mol. The number of unbranched alkanes of at least 4 members (excludes halogenated alkanes) is 1. The van der Waals surface area contributed by atoms with Crippen molar-refractivity contribution in [2.45, 2.75) is 82.1 Å². The highest BCUT2D eigenvalue weighted by Crippen LogP contribution is 2.05. The summed E-state index contributed by atoms with van der Waals surface area (Å²) in [6.07, 6.45) is 2.86. The Morgan fingerprint density at radius 1 is 0.964 bits per heavy atom. The SMILES string of the molecule is C=C(C)C=O.CC.CC.CC.CCN(CC)CCCCNc1c(C)c(=O)c1=O. The molecule has 0 heterocycles. The van der Waals surface area contributed by atoms with Crippen molar-refractivity contribution in [1.29, 1.82) is 0 Å². The lowest BCUT2D eigenvalue weighted by Gasteiger charge is -2.17. The first kappa shape index (κ1) is 33.8. The highest BCUT2D eigenvalue weighted by molar-refractivity contribution is 5.70. The van der Waals surface area contributed by atoms with Gasteiger partial charge in [0.25, 0.3) is 0 Å². The smallest absolute Gasteiger partial charge is 0.249 e. The maximum Gasteiger partial charge on any atom is 0.249 e. The van der Waals surface area contributed by atoms with Crippen LogP contribution in [0, 0.1) is 6.92 Å². The third-order valence-electron chi connectivity index (χ3n) is 3.45. The quantitative estimate of drug-likeness (QED) is 0.275. The topological polar surface area (TPSA) is 66.5 Å². The van der Waals surface area contributed by atoms with E-state index < -0.39 is 0 Å². The van der Waals surface area contributed by atoms with Crippen LogP contribution in [0.4, 0.5) is 5.69 Å². The molecule has 1 N–H and O–H groups in total. The van der Waals surface area contributed by atoms with Gasteiger partial charge in [0.1, 0.15) is 6.29 Å². The molecule has 0 radical (unpaired) electrons. The fourth-order valence-electron chi connectivity index (χ4n) is 1.93. The molecule has 5 nitrogen and oxygen atoms in total. The Balaban J connectivity index is -0.000000220. The van der Waals surface area contributed by atoms with Gasteiger partial charge in [-0.05, 0) is 51.9 Å². The number of nitrogens with one attached hydrogen (secondary N) is 1. The average molecular weight is 399 g/mol. The average Bonchev–Trinajstić information content (AvgIpc) is 2.77. The number of hydrogen-bond donors (Lipinski definition) is 1. The summed E-state index contributed by atoms with van der Waals surface area (Å²) >= 11 is 0. The Bertz CT molecular complexity index is 540. The second-order valence-corrected chi connectivity index (χ2v) is 5.28. The van der Waals surface area contributed by atoms with Gasteiger partial charge in [0, 0.05) is 12.1 Å². The fourth-order valence-corrected chi connectivity index (χ4v) is 1.93.